The van der Waals surface area contributed by atoms with Gasteiger partial charge in [-0.15, -0.1) is 0 Å². The van der Waals surface area contributed by atoms with Crippen LogP contribution in [0.15, 0.2) is 23.0 Å². The highest BCUT2D eigenvalue weighted by Gasteiger charge is 2.43. The summed E-state index contributed by atoms with van der Waals surface area (Å²) in [5.41, 5.74) is 1.76. The van der Waals surface area contributed by atoms with E-state index in [0.717, 1.165) is 19.3 Å². The molecule has 0 bridgehead atoms. The standard InChI is InChI=1S/C17H26O4/c1-5-20-17(18)13-15(12-9-7-6-8-10-12)21-14(11(2)3)16(13)19-4/h9,11,14-15H,5-8,10H2,1-4H3/t14-,15+/m1/s1. The van der Waals surface area contributed by atoms with E-state index in [9.17, 15) is 4.79 Å². The third-order valence-electron chi connectivity index (χ3n) is 4.05. The molecule has 0 aromatic rings. The SMILES string of the molecule is CCOC(=O)C1=C(OC)[C@@H](C(C)C)O[C@H]1C1=CCCCC1. The van der Waals surface area contributed by atoms with Crippen LogP contribution in [0, 0.1) is 5.92 Å². The molecule has 0 saturated carbocycles. The Labute approximate surface area is 127 Å². The van der Waals surface area contributed by atoms with E-state index in [-0.39, 0.29) is 24.1 Å². The number of hydrogen-bond donors (Lipinski definition) is 0. The quantitative estimate of drug-likeness (QED) is 0.576. The van der Waals surface area contributed by atoms with Crippen LogP contribution in [0.1, 0.15) is 46.5 Å². The minimum atomic E-state index is -0.311. The molecule has 2 aliphatic rings. The van der Waals surface area contributed by atoms with Gasteiger partial charge in [0.15, 0.2) is 0 Å². The number of allylic oxidation sites excluding steroid dienone is 1. The van der Waals surface area contributed by atoms with Crippen molar-refractivity contribution in [3.63, 3.8) is 0 Å². The Bertz CT molecular complexity index is 448. The van der Waals surface area contributed by atoms with Crippen LogP contribution in [0.5, 0.6) is 0 Å². The smallest absolute Gasteiger partial charge is 0.340 e. The Kier molecular flexibility index (Phi) is 5.45. The number of esters is 1. The van der Waals surface area contributed by atoms with Crippen LogP contribution in [-0.2, 0) is 19.0 Å². The summed E-state index contributed by atoms with van der Waals surface area (Å²) in [6.45, 7) is 6.32. The average molecular weight is 294 g/mol. The lowest BCUT2D eigenvalue weighted by Crippen LogP contribution is -2.24. The van der Waals surface area contributed by atoms with Crippen molar-refractivity contribution in [2.45, 2.75) is 58.7 Å². The average Bonchev–Trinajstić information content (AvgIpc) is 2.88. The molecule has 2 atom stereocenters. The molecule has 0 aromatic carbocycles. The van der Waals surface area contributed by atoms with Crippen LogP contribution in [0.4, 0.5) is 0 Å². The zero-order chi connectivity index (χ0) is 15.4. The minimum Gasteiger partial charge on any atom is -0.498 e. The fourth-order valence-corrected chi connectivity index (χ4v) is 3.04. The van der Waals surface area contributed by atoms with Crippen molar-refractivity contribution in [1.82, 2.24) is 0 Å². The van der Waals surface area contributed by atoms with E-state index in [1.165, 1.54) is 12.0 Å². The minimum absolute atomic E-state index is 0.178. The van der Waals surface area contributed by atoms with Crippen molar-refractivity contribution in [3.8, 4) is 0 Å². The largest absolute Gasteiger partial charge is 0.498 e. The molecule has 21 heavy (non-hydrogen) atoms. The molecule has 2 rings (SSSR count). The number of ether oxygens (including phenoxy) is 3. The van der Waals surface area contributed by atoms with E-state index < -0.39 is 0 Å². The lowest BCUT2D eigenvalue weighted by Gasteiger charge is -2.22. The fraction of sp³-hybridized carbons (Fsp3) is 0.706. The number of hydrogen-bond acceptors (Lipinski definition) is 4. The molecule has 0 aromatic heterocycles. The normalized spacial score (nSPS) is 26.0. The molecule has 0 radical (unpaired) electrons. The lowest BCUT2D eigenvalue weighted by molar-refractivity contribution is -0.139. The van der Waals surface area contributed by atoms with Gasteiger partial charge in [-0.3, -0.25) is 0 Å². The van der Waals surface area contributed by atoms with Gasteiger partial charge < -0.3 is 14.2 Å². The molecule has 0 spiro atoms. The van der Waals surface area contributed by atoms with Crippen LogP contribution in [-0.4, -0.2) is 31.9 Å². The molecule has 1 heterocycles. The zero-order valence-electron chi connectivity index (χ0n) is 13.5. The van der Waals surface area contributed by atoms with Gasteiger partial charge in [-0.2, -0.15) is 0 Å². The van der Waals surface area contributed by atoms with Crippen molar-refractivity contribution in [2.75, 3.05) is 13.7 Å². The molecule has 0 fully saturated rings. The van der Waals surface area contributed by atoms with E-state index in [4.69, 9.17) is 14.2 Å². The van der Waals surface area contributed by atoms with Gasteiger partial charge in [-0.1, -0.05) is 19.9 Å². The summed E-state index contributed by atoms with van der Waals surface area (Å²) >= 11 is 0. The van der Waals surface area contributed by atoms with Gasteiger partial charge in [0.1, 0.15) is 23.5 Å². The summed E-state index contributed by atoms with van der Waals surface area (Å²) < 4.78 is 16.9. The molecule has 118 valence electrons. The van der Waals surface area contributed by atoms with E-state index in [1.54, 1.807) is 7.11 Å². The summed E-state index contributed by atoms with van der Waals surface area (Å²) in [7, 11) is 1.60. The Balaban J connectivity index is 2.37. The predicted octanol–water partition coefficient (Wildman–Crippen LogP) is 3.37. The highest BCUT2D eigenvalue weighted by molar-refractivity contribution is 5.91. The monoisotopic (exact) mass is 294 g/mol. The summed E-state index contributed by atoms with van der Waals surface area (Å²) in [6, 6.07) is 0. The first kappa shape index (κ1) is 16.1. The second-order valence-corrected chi connectivity index (χ2v) is 5.91. The van der Waals surface area contributed by atoms with E-state index >= 15 is 0 Å². The van der Waals surface area contributed by atoms with Crippen LogP contribution in [0.3, 0.4) is 0 Å². The molecule has 0 unspecified atom stereocenters. The van der Waals surface area contributed by atoms with Gasteiger partial charge in [0, 0.05) is 0 Å². The number of methoxy groups -OCH3 is 1. The second kappa shape index (κ2) is 7.12. The molecular weight excluding hydrogens is 268 g/mol. The van der Waals surface area contributed by atoms with Crippen molar-refractivity contribution in [2.24, 2.45) is 5.92 Å². The lowest BCUT2D eigenvalue weighted by atomic mass is 9.91. The number of carbonyl (C=O) groups is 1. The predicted molar refractivity (Wildman–Crippen MR) is 80.7 cm³/mol. The van der Waals surface area contributed by atoms with Crippen LogP contribution < -0.4 is 0 Å². The van der Waals surface area contributed by atoms with Crippen molar-refractivity contribution in [3.05, 3.63) is 23.0 Å². The summed E-state index contributed by atoms with van der Waals surface area (Å²) in [5.74, 6) is 0.576. The highest BCUT2D eigenvalue weighted by Crippen LogP contribution is 2.38. The van der Waals surface area contributed by atoms with Gasteiger partial charge in [-0.05, 0) is 44.1 Å². The third kappa shape index (κ3) is 3.31. The first-order valence-corrected chi connectivity index (χ1v) is 7.89. The Morgan fingerprint density at radius 2 is 2.19 bits per heavy atom. The zero-order valence-corrected chi connectivity index (χ0v) is 13.5. The molecule has 0 amide bonds. The maximum absolute atomic E-state index is 12.4. The third-order valence-corrected chi connectivity index (χ3v) is 4.05. The summed E-state index contributed by atoms with van der Waals surface area (Å²) in [4.78, 5) is 12.4. The van der Waals surface area contributed by atoms with E-state index in [1.807, 2.05) is 6.92 Å². The maximum atomic E-state index is 12.4. The number of carbonyl (C=O) groups excluding carboxylic acids is 1. The molecule has 1 aliphatic carbocycles. The first-order chi connectivity index (χ1) is 10.1. The molecule has 0 saturated heterocycles. The highest BCUT2D eigenvalue weighted by atomic mass is 16.6. The van der Waals surface area contributed by atoms with Crippen molar-refractivity contribution < 1.29 is 19.0 Å². The maximum Gasteiger partial charge on any atom is 0.340 e. The van der Waals surface area contributed by atoms with Crippen LogP contribution >= 0.6 is 0 Å². The molecule has 1 aliphatic heterocycles. The Hall–Kier alpha value is -1.29. The molecular formula is C17H26O4. The molecule has 0 N–H and O–H groups in total. The van der Waals surface area contributed by atoms with Gasteiger partial charge in [0.25, 0.3) is 0 Å². The van der Waals surface area contributed by atoms with Gasteiger partial charge in [0.05, 0.1) is 13.7 Å². The Morgan fingerprint density at radius 1 is 1.43 bits per heavy atom. The second-order valence-electron chi connectivity index (χ2n) is 5.91. The van der Waals surface area contributed by atoms with Crippen molar-refractivity contribution in [1.29, 1.82) is 0 Å². The van der Waals surface area contributed by atoms with Crippen molar-refractivity contribution >= 4 is 5.97 Å². The number of rotatable bonds is 5. The first-order valence-electron chi connectivity index (χ1n) is 7.89. The van der Waals surface area contributed by atoms with Crippen LogP contribution in [0.25, 0.3) is 0 Å². The van der Waals surface area contributed by atoms with Gasteiger partial charge >= 0.3 is 5.97 Å². The molecule has 4 heteroatoms. The molecule has 4 nitrogen and oxygen atoms in total. The van der Waals surface area contributed by atoms with Crippen LogP contribution in [0.2, 0.25) is 0 Å². The van der Waals surface area contributed by atoms with E-state index in [2.05, 4.69) is 19.9 Å². The Morgan fingerprint density at radius 3 is 2.71 bits per heavy atom. The van der Waals surface area contributed by atoms with Gasteiger partial charge in [-0.25, -0.2) is 4.79 Å². The topological polar surface area (TPSA) is 44.8 Å². The van der Waals surface area contributed by atoms with E-state index in [0.29, 0.717) is 17.9 Å². The fourth-order valence-electron chi connectivity index (χ4n) is 3.04. The van der Waals surface area contributed by atoms with Gasteiger partial charge in [0.2, 0.25) is 0 Å². The summed E-state index contributed by atoms with van der Waals surface area (Å²) in [5, 5.41) is 0. The summed E-state index contributed by atoms with van der Waals surface area (Å²) in [6.07, 6.45) is 6.13.